The number of hydrogen-bond donors (Lipinski definition) is 2. The van der Waals surface area contributed by atoms with Crippen LogP contribution in [-0.2, 0) is 0 Å². The van der Waals surface area contributed by atoms with E-state index in [4.69, 9.17) is 0 Å². The maximum Gasteiger partial charge on any atom is 0.267 e. The largest absolute Gasteiger partial charge is 0.351 e. The number of fused-ring (bicyclic) bond motifs is 3. The van der Waals surface area contributed by atoms with Gasteiger partial charge in [0.25, 0.3) is 5.91 Å². The Balaban J connectivity index is 2.29. The van der Waals surface area contributed by atoms with Crippen molar-refractivity contribution in [2.45, 2.75) is 13.8 Å². The van der Waals surface area contributed by atoms with E-state index >= 15 is 0 Å². The van der Waals surface area contributed by atoms with Gasteiger partial charge in [0.05, 0.1) is 9.99 Å². The van der Waals surface area contributed by atoms with Gasteiger partial charge in [0.15, 0.2) is 5.65 Å². The maximum atomic E-state index is 11.9. The van der Waals surface area contributed by atoms with Crippen LogP contribution in [0.15, 0.2) is 16.7 Å². The average Bonchev–Trinajstić information content (AvgIpc) is 2.95. The number of hydrogen-bond acceptors (Lipinski definition) is 3. The Morgan fingerprint density at radius 1 is 1.53 bits per heavy atom. The van der Waals surface area contributed by atoms with E-state index in [1.165, 1.54) is 0 Å². The Morgan fingerprint density at radius 2 is 2.32 bits per heavy atom. The second-order valence-corrected chi connectivity index (χ2v) is 5.10. The molecule has 3 aromatic heterocycles. The number of aryl methyl sites for hydroxylation is 1. The number of aromatic nitrogens is 4. The predicted molar refractivity (Wildman–Crippen MR) is 75.3 cm³/mol. The van der Waals surface area contributed by atoms with Crippen LogP contribution in [0, 0.1) is 6.92 Å². The molecule has 0 aromatic carbocycles. The molecule has 98 valence electrons. The van der Waals surface area contributed by atoms with Crippen LogP contribution in [-0.4, -0.2) is 32.0 Å². The number of pyridine rings is 1. The molecule has 7 heteroatoms. The molecule has 3 aromatic rings. The van der Waals surface area contributed by atoms with Crippen molar-refractivity contribution in [3.63, 3.8) is 0 Å². The van der Waals surface area contributed by atoms with Crippen LogP contribution in [0.1, 0.15) is 23.2 Å². The highest BCUT2D eigenvalue weighted by Gasteiger charge is 2.15. The lowest BCUT2D eigenvalue weighted by molar-refractivity contribution is 0.0951. The molecule has 0 saturated heterocycles. The zero-order valence-corrected chi connectivity index (χ0v) is 12.1. The van der Waals surface area contributed by atoms with Gasteiger partial charge >= 0.3 is 0 Å². The summed E-state index contributed by atoms with van der Waals surface area (Å²) in [4.78, 5) is 15.0. The molecule has 0 radical (unpaired) electrons. The molecule has 0 saturated carbocycles. The van der Waals surface area contributed by atoms with Gasteiger partial charge in [-0.1, -0.05) is 0 Å². The topological polar surface area (TPSA) is 75.1 Å². The molecule has 3 heterocycles. The van der Waals surface area contributed by atoms with E-state index in [1.54, 1.807) is 6.07 Å². The molecule has 0 atom stereocenters. The van der Waals surface area contributed by atoms with Crippen molar-refractivity contribution in [2.75, 3.05) is 6.54 Å². The normalized spacial score (nSPS) is 11.3. The Kier molecular flexibility index (Phi) is 2.78. The second-order valence-electron chi connectivity index (χ2n) is 4.25. The van der Waals surface area contributed by atoms with E-state index in [1.807, 2.05) is 24.4 Å². The first-order valence-corrected chi connectivity index (χ1v) is 6.72. The first kappa shape index (κ1) is 12.2. The molecule has 3 rings (SSSR count). The van der Waals surface area contributed by atoms with Gasteiger partial charge in [-0.3, -0.25) is 9.20 Å². The van der Waals surface area contributed by atoms with E-state index in [-0.39, 0.29) is 5.91 Å². The standard InChI is InChI=1S/C12H12BrN5O/c1-3-14-12(19)9-4-7-10(15-9)8(13)5-18-6(2)16-17-11(7)18/h4-5,15H,3H2,1-2H3,(H,14,19). The summed E-state index contributed by atoms with van der Waals surface area (Å²) in [6.45, 7) is 4.36. The van der Waals surface area contributed by atoms with E-state index in [2.05, 4.69) is 36.4 Å². The van der Waals surface area contributed by atoms with E-state index in [0.29, 0.717) is 12.2 Å². The van der Waals surface area contributed by atoms with Crippen molar-refractivity contribution in [2.24, 2.45) is 0 Å². The van der Waals surface area contributed by atoms with Gasteiger partial charge in [-0.15, -0.1) is 10.2 Å². The molecular formula is C12H12BrN5O. The highest BCUT2D eigenvalue weighted by Crippen LogP contribution is 2.27. The fourth-order valence-electron chi connectivity index (χ4n) is 2.08. The number of nitrogens with one attached hydrogen (secondary N) is 2. The first-order valence-electron chi connectivity index (χ1n) is 5.92. The minimum Gasteiger partial charge on any atom is -0.351 e. The summed E-state index contributed by atoms with van der Waals surface area (Å²) in [5.74, 6) is 0.679. The monoisotopic (exact) mass is 321 g/mol. The van der Waals surface area contributed by atoms with Gasteiger partial charge in [-0.2, -0.15) is 0 Å². The zero-order valence-electron chi connectivity index (χ0n) is 10.5. The molecule has 0 bridgehead atoms. The molecule has 1 amide bonds. The molecule has 19 heavy (non-hydrogen) atoms. The predicted octanol–water partition coefficient (Wildman–Crippen LogP) is 2.03. The zero-order chi connectivity index (χ0) is 13.6. The number of H-pyrrole nitrogens is 1. The number of aromatic amines is 1. The summed E-state index contributed by atoms with van der Waals surface area (Å²) < 4.78 is 2.76. The highest BCUT2D eigenvalue weighted by atomic mass is 79.9. The number of amides is 1. The molecule has 0 fully saturated rings. The Hall–Kier alpha value is -1.89. The van der Waals surface area contributed by atoms with Crippen molar-refractivity contribution in [1.82, 2.24) is 24.9 Å². The van der Waals surface area contributed by atoms with Gasteiger partial charge in [0.2, 0.25) is 0 Å². The van der Waals surface area contributed by atoms with E-state index in [9.17, 15) is 4.79 Å². The van der Waals surface area contributed by atoms with Crippen LogP contribution in [0.25, 0.3) is 16.6 Å². The van der Waals surface area contributed by atoms with Crippen LogP contribution in [0.5, 0.6) is 0 Å². The summed E-state index contributed by atoms with van der Waals surface area (Å²) in [6, 6.07) is 1.80. The van der Waals surface area contributed by atoms with Crippen LogP contribution >= 0.6 is 15.9 Å². The fourth-order valence-corrected chi connectivity index (χ4v) is 2.60. The lowest BCUT2D eigenvalue weighted by atomic mass is 10.3. The highest BCUT2D eigenvalue weighted by molar-refractivity contribution is 9.10. The molecule has 2 N–H and O–H groups in total. The lowest BCUT2D eigenvalue weighted by Crippen LogP contribution is -2.22. The minimum absolute atomic E-state index is 0.125. The van der Waals surface area contributed by atoms with Gasteiger partial charge in [0.1, 0.15) is 11.5 Å². The van der Waals surface area contributed by atoms with Gasteiger partial charge in [0, 0.05) is 18.1 Å². The van der Waals surface area contributed by atoms with Crippen molar-refractivity contribution < 1.29 is 4.79 Å². The summed E-state index contributed by atoms with van der Waals surface area (Å²) in [5.41, 5.74) is 2.11. The number of rotatable bonds is 2. The van der Waals surface area contributed by atoms with Crippen molar-refractivity contribution in [3.05, 3.63) is 28.3 Å². The summed E-state index contributed by atoms with van der Waals surface area (Å²) in [6.07, 6.45) is 1.89. The van der Waals surface area contributed by atoms with E-state index < -0.39 is 0 Å². The number of nitrogens with zero attached hydrogens (tertiary/aromatic N) is 3. The smallest absolute Gasteiger partial charge is 0.267 e. The van der Waals surface area contributed by atoms with Crippen molar-refractivity contribution in [1.29, 1.82) is 0 Å². The Bertz CT molecular complexity index is 788. The van der Waals surface area contributed by atoms with Crippen LogP contribution in [0.4, 0.5) is 0 Å². The third-order valence-electron chi connectivity index (χ3n) is 2.99. The van der Waals surface area contributed by atoms with Crippen LogP contribution in [0.2, 0.25) is 0 Å². The first-order chi connectivity index (χ1) is 9.11. The second kappa shape index (κ2) is 4.34. The average molecular weight is 322 g/mol. The number of carbonyl (C=O) groups excluding carboxylic acids is 1. The molecule has 6 nitrogen and oxygen atoms in total. The Labute approximate surface area is 117 Å². The number of halogens is 1. The maximum absolute atomic E-state index is 11.9. The third-order valence-corrected chi connectivity index (χ3v) is 3.59. The van der Waals surface area contributed by atoms with Crippen LogP contribution in [0.3, 0.4) is 0 Å². The van der Waals surface area contributed by atoms with Crippen LogP contribution < -0.4 is 5.32 Å². The van der Waals surface area contributed by atoms with Crippen molar-refractivity contribution in [3.8, 4) is 0 Å². The van der Waals surface area contributed by atoms with E-state index in [0.717, 1.165) is 26.8 Å². The molecule has 0 spiro atoms. The number of carbonyl (C=O) groups is 1. The molecule has 0 aliphatic carbocycles. The Morgan fingerprint density at radius 3 is 3.05 bits per heavy atom. The summed E-state index contributed by atoms with van der Waals surface area (Å²) in [5, 5.41) is 11.8. The molecule has 0 aliphatic rings. The molecular weight excluding hydrogens is 310 g/mol. The quantitative estimate of drug-likeness (QED) is 0.758. The molecule has 0 aliphatic heterocycles. The fraction of sp³-hybridized carbons (Fsp3) is 0.250. The summed E-state index contributed by atoms with van der Waals surface area (Å²) in [7, 11) is 0. The lowest BCUT2D eigenvalue weighted by Gasteiger charge is -1.99. The SMILES string of the molecule is CCNC(=O)c1cc2c([nH]1)c(Br)cn1c(C)nnc21. The van der Waals surface area contributed by atoms with Gasteiger partial charge in [-0.05, 0) is 35.8 Å². The summed E-state index contributed by atoms with van der Waals surface area (Å²) >= 11 is 3.50. The van der Waals surface area contributed by atoms with Gasteiger partial charge < -0.3 is 10.3 Å². The van der Waals surface area contributed by atoms with Gasteiger partial charge in [-0.25, -0.2) is 0 Å². The van der Waals surface area contributed by atoms with Crippen molar-refractivity contribution >= 4 is 38.4 Å². The molecule has 0 unspecified atom stereocenters. The third kappa shape index (κ3) is 1.81. The minimum atomic E-state index is -0.125.